The van der Waals surface area contributed by atoms with Gasteiger partial charge in [-0.25, -0.2) is 0 Å². The molecule has 24 heavy (non-hydrogen) atoms. The monoisotopic (exact) mass is 393 g/mol. The van der Waals surface area contributed by atoms with Crippen molar-refractivity contribution in [2.45, 2.75) is 13.8 Å². The maximum absolute atomic E-state index is 6.09. The molecule has 1 heterocycles. The van der Waals surface area contributed by atoms with E-state index in [0.717, 1.165) is 32.3 Å². The number of benzene rings is 1. The Kier molecular flexibility index (Phi) is 7.29. The molecule has 5 nitrogen and oxygen atoms in total. The van der Waals surface area contributed by atoms with Crippen LogP contribution in [0.25, 0.3) is 0 Å². The van der Waals surface area contributed by atoms with Crippen molar-refractivity contribution < 1.29 is 9.47 Å². The molecule has 1 aliphatic rings. The van der Waals surface area contributed by atoms with Gasteiger partial charge in [-0.05, 0) is 19.1 Å². The summed E-state index contributed by atoms with van der Waals surface area (Å²) in [6.07, 6.45) is 0. The fourth-order valence-corrected chi connectivity index (χ4v) is 3.07. The van der Waals surface area contributed by atoms with Crippen molar-refractivity contribution in [1.29, 1.82) is 0 Å². The number of hydrogen-bond donors (Lipinski definition) is 2. The molecule has 1 fully saturated rings. The summed E-state index contributed by atoms with van der Waals surface area (Å²) >= 11 is 18.1. The second-order valence-electron chi connectivity index (χ2n) is 5.97. The first-order chi connectivity index (χ1) is 11.4. The lowest BCUT2D eigenvalue weighted by molar-refractivity contribution is -0.0945. The summed E-state index contributed by atoms with van der Waals surface area (Å²) in [5.41, 5.74) is 0.142. The van der Waals surface area contributed by atoms with Crippen molar-refractivity contribution in [2.24, 2.45) is 10.4 Å². The summed E-state index contributed by atoms with van der Waals surface area (Å²) in [6, 6.07) is 3.20. The van der Waals surface area contributed by atoms with Crippen LogP contribution in [0, 0.1) is 5.41 Å². The Morgan fingerprint density at radius 1 is 1.25 bits per heavy atom. The Labute approximate surface area is 157 Å². The summed E-state index contributed by atoms with van der Waals surface area (Å²) in [4.78, 5) is 4.59. The molecule has 1 aromatic rings. The highest BCUT2D eigenvalue weighted by Crippen LogP contribution is 2.35. The number of nitrogens with one attached hydrogen (secondary N) is 2. The third-order valence-corrected chi connectivity index (χ3v) is 4.25. The van der Waals surface area contributed by atoms with E-state index in [1.54, 1.807) is 12.1 Å². The van der Waals surface area contributed by atoms with Gasteiger partial charge in [0.05, 0.1) is 36.3 Å². The average molecular weight is 395 g/mol. The van der Waals surface area contributed by atoms with Gasteiger partial charge >= 0.3 is 0 Å². The molecule has 1 aliphatic heterocycles. The third kappa shape index (κ3) is 5.59. The largest absolute Gasteiger partial charge is 0.489 e. The van der Waals surface area contributed by atoms with Gasteiger partial charge in [0.15, 0.2) is 11.7 Å². The molecule has 134 valence electrons. The Balaban J connectivity index is 1.81. The van der Waals surface area contributed by atoms with E-state index in [9.17, 15) is 0 Å². The summed E-state index contributed by atoms with van der Waals surface area (Å²) in [7, 11) is 0. The molecule has 0 radical (unpaired) electrons. The van der Waals surface area contributed by atoms with E-state index in [-0.39, 0.29) is 5.41 Å². The van der Waals surface area contributed by atoms with Crippen molar-refractivity contribution in [3.8, 4) is 5.75 Å². The van der Waals surface area contributed by atoms with Crippen molar-refractivity contribution in [3.05, 3.63) is 27.2 Å². The number of ether oxygens (including phenoxy) is 2. The molecule has 0 spiro atoms. The van der Waals surface area contributed by atoms with Gasteiger partial charge in [0.1, 0.15) is 6.61 Å². The van der Waals surface area contributed by atoms with Gasteiger partial charge < -0.3 is 20.1 Å². The van der Waals surface area contributed by atoms with Gasteiger partial charge in [-0.1, -0.05) is 41.7 Å². The summed E-state index contributed by atoms with van der Waals surface area (Å²) in [5.74, 6) is 1.19. The number of halogens is 3. The fraction of sp³-hybridized carbons (Fsp3) is 0.562. The Morgan fingerprint density at radius 2 is 1.92 bits per heavy atom. The zero-order chi connectivity index (χ0) is 17.6. The van der Waals surface area contributed by atoms with Crippen LogP contribution in [0.5, 0.6) is 5.75 Å². The molecule has 0 unspecified atom stereocenters. The predicted octanol–water partition coefficient (Wildman–Crippen LogP) is 3.62. The Hall–Kier alpha value is -0.880. The van der Waals surface area contributed by atoms with Crippen LogP contribution in [0.15, 0.2) is 17.1 Å². The molecule has 8 heteroatoms. The zero-order valence-electron chi connectivity index (χ0n) is 13.8. The smallest absolute Gasteiger partial charge is 0.191 e. The van der Waals surface area contributed by atoms with E-state index in [0.29, 0.717) is 34.0 Å². The average Bonchev–Trinajstić information content (AvgIpc) is 2.48. The Morgan fingerprint density at radius 3 is 2.46 bits per heavy atom. The molecule has 0 atom stereocenters. The van der Waals surface area contributed by atoms with E-state index in [4.69, 9.17) is 44.3 Å². The first-order valence-corrected chi connectivity index (χ1v) is 8.94. The van der Waals surface area contributed by atoms with Gasteiger partial charge in [0.2, 0.25) is 0 Å². The normalized spacial score (nSPS) is 16.5. The SMILES string of the molecule is CCNC(=NCC1(C)COC1)NCCOc1c(Cl)cc(Cl)cc1Cl. The van der Waals surface area contributed by atoms with E-state index >= 15 is 0 Å². The van der Waals surface area contributed by atoms with Crippen LogP contribution in [0.1, 0.15) is 13.8 Å². The lowest BCUT2D eigenvalue weighted by Gasteiger charge is -2.36. The minimum Gasteiger partial charge on any atom is -0.489 e. The zero-order valence-corrected chi connectivity index (χ0v) is 16.1. The molecule has 0 saturated carbocycles. The summed E-state index contributed by atoms with van der Waals surface area (Å²) < 4.78 is 10.9. The number of hydrogen-bond acceptors (Lipinski definition) is 3. The van der Waals surface area contributed by atoms with Crippen molar-refractivity contribution >= 4 is 40.8 Å². The highest BCUT2D eigenvalue weighted by molar-refractivity contribution is 6.40. The minimum atomic E-state index is 0.142. The van der Waals surface area contributed by atoms with Crippen LogP contribution in [0.4, 0.5) is 0 Å². The van der Waals surface area contributed by atoms with E-state index in [1.165, 1.54) is 0 Å². The predicted molar refractivity (Wildman–Crippen MR) is 99.9 cm³/mol. The third-order valence-electron chi connectivity index (χ3n) is 3.47. The second kappa shape index (κ2) is 8.99. The van der Waals surface area contributed by atoms with Crippen LogP contribution in [-0.2, 0) is 4.74 Å². The first kappa shape index (κ1) is 19.4. The van der Waals surface area contributed by atoms with Crippen molar-refractivity contribution in [3.63, 3.8) is 0 Å². The number of guanidine groups is 1. The van der Waals surface area contributed by atoms with Gasteiger partial charge in [-0.3, -0.25) is 4.99 Å². The van der Waals surface area contributed by atoms with Crippen LogP contribution >= 0.6 is 34.8 Å². The van der Waals surface area contributed by atoms with E-state index in [1.807, 2.05) is 6.92 Å². The maximum Gasteiger partial charge on any atom is 0.191 e. The topological polar surface area (TPSA) is 54.9 Å². The molecular weight excluding hydrogens is 373 g/mol. The van der Waals surface area contributed by atoms with Crippen LogP contribution in [0.3, 0.4) is 0 Å². The molecule has 1 saturated heterocycles. The molecule has 0 bridgehead atoms. The van der Waals surface area contributed by atoms with Crippen molar-refractivity contribution in [2.75, 3.05) is 39.5 Å². The molecule has 0 aliphatic carbocycles. The number of nitrogens with zero attached hydrogens (tertiary/aromatic N) is 1. The molecule has 2 N–H and O–H groups in total. The van der Waals surface area contributed by atoms with E-state index in [2.05, 4.69) is 22.5 Å². The molecular formula is C16H22Cl3N3O2. The summed E-state index contributed by atoms with van der Waals surface area (Å²) in [5, 5.41) is 7.69. The van der Waals surface area contributed by atoms with E-state index < -0.39 is 0 Å². The lowest BCUT2D eigenvalue weighted by Crippen LogP contribution is -2.45. The van der Waals surface area contributed by atoms with Gasteiger partial charge in [0, 0.05) is 17.0 Å². The minimum absolute atomic E-state index is 0.142. The highest BCUT2D eigenvalue weighted by atomic mass is 35.5. The van der Waals surface area contributed by atoms with Gasteiger partial charge in [0.25, 0.3) is 0 Å². The van der Waals surface area contributed by atoms with Gasteiger partial charge in [-0.2, -0.15) is 0 Å². The van der Waals surface area contributed by atoms with Gasteiger partial charge in [-0.15, -0.1) is 0 Å². The molecule has 0 aromatic heterocycles. The molecule has 0 amide bonds. The second-order valence-corrected chi connectivity index (χ2v) is 7.22. The molecule has 1 aromatic carbocycles. The quantitative estimate of drug-likeness (QED) is 0.421. The standard InChI is InChI=1S/C16H22Cl3N3O2/c1-3-20-15(22-8-16(2)9-23-10-16)21-4-5-24-14-12(18)6-11(17)7-13(14)19/h6-7H,3-5,8-10H2,1-2H3,(H2,20,21,22). The Bertz CT molecular complexity index is 569. The van der Waals surface area contributed by atoms with Crippen LogP contribution in [-0.4, -0.2) is 45.4 Å². The maximum atomic E-state index is 6.09. The van der Waals surface area contributed by atoms with Crippen LogP contribution < -0.4 is 15.4 Å². The summed E-state index contributed by atoms with van der Waals surface area (Å²) in [6.45, 7) is 8.17. The fourth-order valence-electron chi connectivity index (χ4n) is 2.14. The van der Waals surface area contributed by atoms with Crippen LogP contribution in [0.2, 0.25) is 15.1 Å². The lowest BCUT2D eigenvalue weighted by atomic mass is 9.89. The number of aliphatic imine (C=N–C) groups is 1. The highest BCUT2D eigenvalue weighted by Gasteiger charge is 2.33. The van der Waals surface area contributed by atoms with Crippen molar-refractivity contribution in [1.82, 2.24) is 10.6 Å². The number of rotatable bonds is 7. The molecule has 2 rings (SSSR count). The first-order valence-electron chi connectivity index (χ1n) is 7.81.